The smallest absolute Gasteiger partial charge is 0.0465 e. The molecule has 2 unspecified atom stereocenters. The molecule has 1 saturated carbocycles. The molecule has 2 atom stereocenters. The average Bonchev–Trinajstić information content (AvgIpc) is 2.69. The van der Waals surface area contributed by atoms with E-state index >= 15 is 0 Å². The van der Waals surface area contributed by atoms with Gasteiger partial charge in [0.1, 0.15) is 0 Å². The Morgan fingerprint density at radius 2 is 2.13 bits per heavy atom. The van der Waals surface area contributed by atoms with E-state index in [9.17, 15) is 0 Å². The van der Waals surface area contributed by atoms with Crippen molar-refractivity contribution in [2.24, 2.45) is 5.92 Å². The highest BCUT2D eigenvalue weighted by Crippen LogP contribution is 2.29. The second-order valence-electron chi connectivity index (χ2n) is 4.67. The lowest BCUT2D eigenvalue weighted by Crippen LogP contribution is -2.27. The van der Waals surface area contributed by atoms with Crippen LogP contribution in [0.15, 0.2) is 0 Å². The molecule has 0 radical (unpaired) electrons. The maximum atomic E-state index is 5.37. The molecule has 0 heterocycles. The molecule has 2 nitrogen and oxygen atoms in total. The van der Waals surface area contributed by atoms with Gasteiger partial charge in [-0.2, -0.15) is 0 Å². The summed E-state index contributed by atoms with van der Waals surface area (Å²) in [5, 5.41) is 3.63. The Labute approximate surface area is 94.8 Å². The van der Waals surface area contributed by atoms with Crippen LogP contribution in [0.2, 0.25) is 0 Å². The van der Waals surface area contributed by atoms with Gasteiger partial charge >= 0.3 is 0 Å². The van der Waals surface area contributed by atoms with Gasteiger partial charge in [0, 0.05) is 19.3 Å². The number of hydrogen-bond acceptors (Lipinski definition) is 2. The summed E-state index contributed by atoms with van der Waals surface area (Å²) < 4.78 is 5.37. The summed E-state index contributed by atoms with van der Waals surface area (Å²) in [7, 11) is 0. The van der Waals surface area contributed by atoms with Crippen LogP contribution >= 0.6 is 0 Å². The second kappa shape index (κ2) is 8.12. The summed E-state index contributed by atoms with van der Waals surface area (Å²) in [5.74, 6) is 0.958. The van der Waals surface area contributed by atoms with Crippen molar-refractivity contribution in [2.75, 3.05) is 19.8 Å². The predicted molar refractivity (Wildman–Crippen MR) is 65.1 cm³/mol. The Hall–Kier alpha value is -0.0800. The maximum absolute atomic E-state index is 5.37. The summed E-state index contributed by atoms with van der Waals surface area (Å²) >= 11 is 0. The third kappa shape index (κ3) is 5.53. The van der Waals surface area contributed by atoms with Crippen molar-refractivity contribution in [3.05, 3.63) is 0 Å². The van der Waals surface area contributed by atoms with E-state index in [-0.39, 0.29) is 0 Å². The molecule has 0 aromatic rings. The molecule has 0 spiro atoms. The monoisotopic (exact) mass is 213 g/mol. The molecular formula is C13H27NO. The van der Waals surface area contributed by atoms with Crippen molar-refractivity contribution in [2.45, 2.75) is 58.4 Å². The lowest BCUT2D eigenvalue weighted by Gasteiger charge is -2.12. The number of nitrogens with one attached hydrogen (secondary N) is 1. The van der Waals surface area contributed by atoms with E-state index in [0.29, 0.717) is 0 Å². The summed E-state index contributed by atoms with van der Waals surface area (Å²) in [6, 6.07) is 0.807. The summed E-state index contributed by atoms with van der Waals surface area (Å²) in [4.78, 5) is 0. The van der Waals surface area contributed by atoms with E-state index in [2.05, 4.69) is 19.2 Å². The SMILES string of the molecule is CCCNC1CCC(CCCOCC)C1. The Balaban J connectivity index is 1.98. The molecule has 90 valence electrons. The molecule has 0 aromatic carbocycles. The van der Waals surface area contributed by atoms with Crippen molar-refractivity contribution < 1.29 is 4.74 Å². The second-order valence-corrected chi connectivity index (χ2v) is 4.67. The van der Waals surface area contributed by atoms with E-state index in [4.69, 9.17) is 4.74 Å². The van der Waals surface area contributed by atoms with Crippen LogP contribution < -0.4 is 5.32 Å². The van der Waals surface area contributed by atoms with Gasteiger partial charge in [0.15, 0.2) is 0 Å². The molecule has 0 aliphatic heterocycles. The minimum Gasteiger partial charge on any atom is -0.382 e. The molecule has 2 heteroatoms. The molecule has 1 aliphatic rings. The van der Waals surface area contributed by atoms with Crippen molar-refractivity contribution in [1.82, 2.24) is 5.32 Å². The zero-order chi connectivity index (χ0) is 10.9. The van der Waals surface area contributed by atoms with Crippen LogP contribution in [0.1, 0.15) is 52.4 Å². The predicted octanol–water partition coefficient (Wildman–Crippen LogP) is 2.97. The molecule has 1 fully saturated rings. The van der Waals surface area contributed by atoms with E-state index in [1.807, 2.05) is 0 Å². The van der Waals surface area contributed by atoms with E-state index in [1.54, 1.807) is 0 Å². The van der Waals surface area contributed by atoms with E-state index in [1.165, 1.54) is 45.1 Å². The number of ether oxygens (including phenoxy) is 1. The Morgan fingerprint density at radius 1 is 1.27 bits per heavy atom. The Morgan fingerprint density at radius 3 is 2.87 bits per heavy atom. The van der Waals surface area contributed by atoms with Gasteiger partial charge in [0.25, 0.3) is 0 Å². The quantitative estimate of drug-likeness (QED) is 0.626. The van der Waals surface area contributed by atoms with Crippen LogP contribution in [0.5, 0.6) is 0 Å². The summed E-state index contributed by atoms with van der Waals surface area (Å²) in [6.45, 7) is 7.32. The topological polar surface area (TPSA) is 21.3 Å². The third-order valence-corrected chi connectivity index (χ3v) is 3.33. The van der Waals surface area contributed by atoms with Gasteiger partial charge in [-0.25, -0.2) is 0 Å². The largest absolute Gasteiger partial charge is 0.382 e. The van der Waals surface area contributed by atoms with Crippen LogP contribution in [0, 0.1) is 5.92 Å². The van der Waals surface area contributed by atoms with Crippen LogP contribution in [-0.2, 0) is 4.74 Å². The lowest BCUT2D eigenvalue weighted by molar-refractivity contribution is 0.139. The number of hydrogen-bond donors (Lipinski definition) is 1. The molecule has 0 amide bonds. The molecule has 1 aliphatic carbocycles. The standard InChI is InChI=1S/C13H27NO/c1-3-9-14-13-8-7-12(11-13)6-5-10-15-4-2/h12-14H,3-11H2,1-2H3. The first kappa shape index (κ1) is 13.0. The first-order valence-electron chi connectivity index (χ1n) is 6.68. The van der Waals surface area contributed by atoms with Gasteiger partial charge in [-0.05, 0) is 57.9 Å². The minimum atomic E-state index is 0.807. The van der Waals surface area contributed by atoms with Crippen molar-refractivity contribution in [1.29, 1.82) is 0 Å². The highest BCUT2D eigenvalue weighted by atomic mass is 16.5. The van der Waals surface area contributed by atoms with Gasteiger partial charge in [-0.15, -0.1) is 0 Å². The van der Waals surface area contributed by atoms with Crippen LogP contribution in [-0.4, -0.2) is 25.8 Å². The zero-order valence-electron chi connectivity index (χ0n) is 10.4. The van der Waals surface area contributed by atoms with Crippen LogP contribution in [0.25, 0.3) is 0 Å². The molecule has 1 N–H and O–H groups in total. The fraction of sp³-hybridized carbons (Fsp3) is 1.00. The molecule has 0 aromatic heterocycles. The van der Waals surface area contributed by atoms with Crippen LogP contribution in [0.3, 0.4) is 0 Å². The fourth-order valence-electron chi connectivity index (χ4n) is 2.49. The van der Waals surface area contributed by atoms with E-state index in [0.717, 1.165) is 25.2 Å². The van der Waals surface area contributed by atoms with Gasteiger partial charge < -0.3 is 10.1 Å². The fourth-order valence-corrected chi connectivity index (χ4v) is 2.49. The Kier molecular flexibility index (Phi) is 7.03. The third-order valence-electron chi connectivity index (χ3n) is 3.33. The summed E-state index contributed by atoms with van der Waals surface area (Å²) in [6.07, 6.45) is 8.08. The van der Waals surface area contributed by atoms with Crippen molar-refractivity contribution in [3.8, 4) is 0 Å². The lowest BCUT2D eigenvalue weighted by atomic mass is 10.0. The molecular weight excluding hydrogens is 186 g/mol. The highest BCUT2D eigenvalue weighted by Gasteiger charge is 2.23. The van der Waals surface area contributed by atoms with Crippen molar-refractivity contribution in [3.63, 3.8) is 0 Å². The zero-order valence-corrected chi connectivity index (χ0v) is 10.4. The van der Waals surface area contributed by atoms with Gasteiger partial charge in [0.05, 0.1) is 0 Å². The molecule has 15 heavy (non-hydrogen) atoms. The number of rotatable bonds is 8. The van der Waals surface area contributed by atoms with Gasteiger partial charge in [-0.3, -0.25) is 0 Å². The highest BCUT2D eigenvalue weighted by molar-refractivity contribution is 4.80. The first-order chi connectivity index (χ1) is 7.36. The first-order valence-corrected chi connectivity index (χ1v) is 6.68. The van der Waals surface area contributed by atoms with Crippen LogP contribution in [0.4, 0.5) is 0 Å². The van der Waals surface area contributed by atoms with E-state index < -0.39 is 0 Å². The minimum absolute atomic E-state index is 0.807. The van der Waals surface area contributed by atoms with Crippen molar-refractivity contribution >= 4 is 0 Å². The van der Waals surface area contributed by atoms with Gasteiger partial charge in [0.2, 0.25) is 0 Å². The maximum Gasteiger partial charge on any atom is 0.0465 e. The normalized spacial score (nSPS) is 26.0. The Bertz CT molecular complexity index is 149. The molecule has 0 saturated heterocycles. The molecule has 0 bridgehead atoms. The summed E-state index contributed by atoms with van der Waals surface area (Å²) in [5.41, 5.74) is 0. The average molecular weight is 213 g/mol. The molecule has 1 rings (SSSR count). The van der Waals surface area contributed by atoms with Gasteiger partial charge in [-0.1, -0.05) is 6.92 Å².